The van der Waals surface area contributed by atoms with Gasteiger partial charge in [0.25, 0.3) is 0 Å². The molecule has 0 aliphatic carbocycles. The van der Waals surface area contributed by atoms with Crippen molar-refractivity contribution in [3.8, 4) is 5.75 Å². The lowest BCUT2D eigenvalue weighted by Crippen LogP contribution is -2.44. The Morgan fingerprint density at radius 1 is 0.929 bits per heavy atom. The van der Waals surface area contributed by atoms with Gasteiger partial charge in [0.15, 0.2) is 5.78 Å². The molecular weight excluding hydrogens is 601 g/mol. The number of ether oxygens (including phenoxy) is 1. The van der Waals surface area contributed by atoms with Gasteiger partial charge in [-0.3, -0.25) is 9.59 Å². The van der Waals surface area contributed by atoms with Crippen LogP contribution in [-0.2, 0) is 43.4 Å². The van der Waals surface area contributed by atoms with E-state index in [-0.39, 0.29) is 30.5 Å². The molecule has 0 spiro atoms. The first-order chi connectivity index (χ1) is 19.7. The molecule has 0 aromatic heterocycles. The maximum Gasteiger partial charge on any atom is 0.435 e. The monoisotopic (exact) mass is 629 g/mol. The van der Waals surface area contributed by atoms with Crippen molar-refractivity contribution in [1.82, 2.24) is 9.62 Å². The van der Waals surface area contributed by atoms with E-state index in [0.717, 1.165) is 6.92 Å². The maximum absolute atomic E-state index is 13.2. The van der Waals surface area contributed by atoms with Crippen molar-refractivity contribution in [2.75, 3.05) is 37.6 Å². The summed E-state index contributed by atoms with van der Waals surface area (Å²) in [6.07, 6.45) is 0.935. The van der Waals surface area contributed by atoms with Gasteiger partial charge in [-0.15, -0.1) is 0 Å². The molecule has 1 heterocycles. The molecular formula is C25H28FN3O11S2. The summed E-state index contributed by atoms with van der Waals surface area (Å²) in [5.41, 5.74) is 0.432. The van der Waals surface area contributed by atoms with Crippen molar-refractivity contribution < 1.29 is 53.5 Å². The van der Waals surface area contributed by atoms with Crippen LogP contribution in [0.1, 0.15) is 30.1 Å². The van der Waals surface area contributed by atoms with Crippen molar-refractivity contribution in [2.24, 2.45) is 5.92 Å². The predicted octanol–water partition coefficient (Wildman–Crippen LogP) is 0.948. The number of nitrogens with zero attached hydrogens (tertiary/aromatic N) is 2. The van der Waals surface area contributed by atoms with E-state index in [1.807, 2.05) is 4.90 Å². The third-order valence-electron chi connectivity index (χ3n) is 6.14. The smallest absolute Gasteiger partial charge is 0.435 e. The lowest BCUT2D eigenvalue weighted by Gasteiger charge is -2.33. The van der Waals surface area contributed by atoms with Crippen LogP contribution in [0, 0.1) is 11.7 Å². The number of ketones is 1. The molecule has 2 aromatic carbocycles. The molecule has 1 N–H and O–H groups in total. The molecule has 228 valence electrons. The Balaban J connectivity index is 1.69. The van der Waals surface area contributed by atoms with Gasteiger partial charge in [0.2, 0.25) is 5.91 Å². The van der Waals surface area contributed by atoms with Crippen LogP contribution in [0.15, 0.2) is 48.5 Å². The Morgan fingerprint density at radius 2 is 1.50 bits per heavy atom. The van der Waals surface area contributed by atoms with Crippen LogP contribution in [0.4, 0.5) is 10.1 Å². The highest BCUT2D eigenvalue weighted by Gasteiger charge is 2.35. The molecule has 0 unspecified atom stereocenters. The minimum absolute atomic E-state index is 0.0317. The quantitative estimate of drug-likeness (QED) is 0.275. The number of carbonyl (C=O) groups is 4. The molecule has 2 aromatic rings. The van der Waals surface area contributed by atoms with Gasteiger partial charge in [0.1, 0.15) is 11.6 Å². The molecule has 1 aliphatic rings. The van der Waals surface area contributed by atoms with Gasteiger partial charge in [-0.05, 0) is 74.5 Å². The topological polar surface area (TPSA) is 183 Å². The van der Waals surface area contributed by atoms with Gasteiger partial charge in [0.05, 0.1) is 19.3 Å². The van der Waals surface area contributed by atoms with Crippen LogP contribution in [0.25, 0.3) is 0 Å². The maximum atomic E-state index is 13.2. The average molecular weight is 630 g/mol. The number of carbonyl (C=O) groups excluding carboxylic acids is 4. The summed E-state index contributed by atoms with van der Waals surface area (Å²) in [5, 5.41) is 0. The van der Waals surface area contributed by atoms with E-state index < -0.39 is 44.3 Å². The molecule has 1 aliphatic heterocycles. The third kappa shape index (κ3) is 8.95. The second kappa shape index (κ2) is 13.7. The summed E-state index contributed by atoms with van der Waals surface area (Å²) >= 11 is 0. The van der Waals surface area contributed by atoms with Crippen LogP contribution >= 0.6 is 0 Å². The third-order valence-corrected chi connectivity index (χ3v) is 8.34. The second-order valence-electron chi connectivity index (χ2n) is 9.07. The average Bonchev–Trinajstić information content (AvgIpc) is 2.92. The predicted molar refractivity (Wildman–Crippen MR) is 144 cm³/mol. The Labute approximate surface area is 241 Å². The van der Waals surface area contributed by atoms with Crippen LogP contribution in [0.5, 0.6) is 5.75 Å². The fourth-order valence-corrected chi connectivity index (χ4v) is 5.82. The fourth-order valence-electron chi connectivity index (χ4n) is 4.12. The number of rotatable bonds is 11. The molecule has 1 saturated heterocycles. The summed E-state index contributed by atoms with van der Waals surface area (Å²) in [4.78, 5) is 49.6. The Hall–Kier alpha value is -4.09. The first-order valence-electron chi connectivity index (χ1n) is 12.4. The van der Waals surface area contributed by atoms with Crippen molar-refractivity contribution >= 4 is 49.9 Å². The van der Waals surface area contributed by atoms with E-state index in [9.17, 15) is 40.4 Å². The summed E-state index contributed by atoms with van der Waals surface area (Å²) in [5.74, 6) is -5.95. The number of anilines is 1. The van der Waals surface area contributed by atoms with E-state index in [1.54, 1.807) is 0 Å². The Kier molecular flexibility index (Phi) is 10.6. The van der Waals surface area contributed by atoms with Gasteiger partial charge in [0, 0.05) is 24.9 Å². The van der Waals surface area contributed by atoms with E-state index in [1.165, 1.54) is 60.4 Å². The van der Waals surface area contributed by atoms with E-state index in [4.69, 9.17) is 4.74 Å². The van der Waals surface area contributed by atoms with Gasteiger partial charge >= 0.3 is 32.5 Å². The zero-order chi connectivity index (χ0) is 31.1. The van der Waals surface area contributed by atoms with Crippen molar-refractivity contribution in [3.05, 3.63) is 59.9 Å². The Morgan fingerprint density at radius 3 is 2.05 bits per heavy atom. The molecule has 17 heteroatoms. The zero-order valence-electron chi connectivity index (χ0n) is 22.5. The van der Waals surface area contributed by atoms with E-state index in [2.05, 4.69) is 8.37 Å². The van der Waals surface area contributed by atoms with E-state index in [0.29, 0.717) is 41.5 Å². The zero-order valence-corrected chi connectivity index (χ0v) is 24.2. The SMILES string of the molecule is COc1ccc(N(CCN2CCC(C(=O)c3ccc(F)cc3)CC2)S(=O)(=O)OC(=O)C(=O)OS(=O)(=O)NC(C)=O)cc1. The highest BCUT2D eigenvalue weighted by atomic mass is 32.2. The standard InChI is InChI=1S/C25H28FN3O11S2/c1-17(30)27-41(34,35)39-24(32)25(33)40-42(36,37)29(21-7-9-22(38-2)10-8-21)16-15-28-13-11-19(12-14-28)23(31)18-3-5-20(26)6-4-18/h3-10,19H,11-16H2,1-2H3,(H,27,30). The molecule has 0 bridgehead atoms. The van der Waals surface area contributed by atoms with Crippen molar-refractivity contribution in [1.29, 1.82) is 0 Å². The summed E-state index contributed by atoms with van der Waals surface area (Å²) < 4.78 is 77.8. The number of benzene rings is 2. The number of likely N-dealkylation sites (tertiary alicyclic amines) is 1. The fraction of sp³-hybridized carbons (Fsp3) is 0.360. The van der Waals surface area contributed by atoms with Crippen LogP contribution in [-0.4, -0.2) is 78.7 Å². The van der Waals surface area contributed by atoms with Crippen LogP contribution in [0.2, 0.25) is 0 Å². The summed E-state index contributed by atoms with van der Waals surface area (Å²) in [6, 6.07) is 10.9. The number of Topliss-reactive ketones (excluding diaryl/α,β-unsaturated/α-hetero) is 1. The molecule has 3 rings (SSSR count). The number of methoxy groups -OCH3 is 1. The molecule has 1 amide bonds. The Bertz CT molecular complexity index is 1520. The van der Waals surface area contributed by atoms with Gasteiger partial charge in [-0.2, -0.15) is 16.8 Å². The van der Waals surface area contributed by atoms with Crippen LogP contribution < -0.4 is 13.8 Å². The summed E-state index contributed by atoms with van der Waals surface area (Å²) in [7, 11) is -8.67. The number of hydrogen-bond acceptors (Lipinski definition) is 12. The number of hydrogen-bond donors (Lipinski definition) is 1. The minimum Gasteiger partial charge on any atom is -0.497 e. The van der Waals surface area contributed by atoms with Crippen molar-refractivity contribution in [2.45, 2.75) is 19.8 Å². The summed E-state index contributed by atoms with van der Waals surface area (Å²) in [6.45, 7) is 1.52. The number of piperidine rings is 1. The molecule has 14 nitrogen and oxygen atoms in total. The first kappa shape index (κ1) is 32.4. The normalized spacial score (nSPS) is 14.5. The molecule has 1 fully saturated rings. The van der Waals surface area contributed by atoms with Gasteiger partial charge < -0.3 is 18.0 Å². The highest BCUT2D eigenvalue weighted by Crippen LogP contribution is 2.25. The van der Waals surface area contributed by atoms with Gasteiger partial charge in [-0.1, -0.05) is 0 Å². The number of halogens is 1. The molecule has 0 atom stereocenters. The largest absolute Gasteiger partial charge is 0.497 e. The van der Waals surface area contributed by atoms with Gasteiger partial charge in [-0.25, -0.2) is 23.0 Å². The molecule has 42 heavy (non-hydrogen) atoms. The second-order valence-corrected chi connectivity index (χ2v) is 11.8. The number of nitrogens with one attached hydrogen (secondary N) is 1. The molecule has 0 saturated carbocycles. The lowest BCUT2D eigenvalue weighted by atomic mass is 9.89. The van der Waals surface area contributed by atoms with Crippen molar-refractivity contribution in [3.63, 3.8) is 0 Å². The number of amides is 1. The minimum atomic E-state index is -5.04. The molecule has 0 radical (unpaired) electrons. The first-order valence-corrected chi connectivity index (χ1v) is 15.2. The highest BCUT2D eigenvalue weighted by molar-refractivity contribution is 7.88. The van der Waals surface area contributed by atoms with Crippen LogP contribution in [0.3, 0.4) is 0 Å². The van der Waals surface area contributed by atoms with E-state index >= 15 is 0 Å². The lowest BCUT2D eigenvalue weighted by molar-refractivity contribution is -0.155.